The predicted octanol–water partition coefficient (Wildman–Crippen LogP) is 2.66. The number of ketones is 1. The van der Waals surface area contributed by atoms with Crippen molar-refractivity contribution >= 4 is 11.8 Å². The Morgan fingerprint density at radius 2 is 1.33 bits per heavy atom. The number of carbonyl (C=O) groups excluding carboxylic acids is 1. The maximum Gasteiger partial charge on any atom is 0.328 e. The number of rotatable bonds is 2. The fourth-order valence-corrected chi connectivity index (χ4v) is 1.15. The molecule has 0 bridgehead atoms. The number of hydrogen-bond acceptors (Lipinski definition) is 2. The second-order valence-corrected chi connectivity index (χ2v) is 5.73. The molecule has 0 rings (SSSR count). The first-order valence-corrected chi connectivity index (χ1v) is 4.96. The second-order valence-electron chi connectivity index (χ2n) is 5.73. The van der Waals surface area contributed by atoms with Crippen LogP contribution in [0.1, 0.15) is 41.5 Å². The van der Waals surface area contributed by atoms with Gasteiger partial charge < -0.3 is 5.11 Å². The highest BCUT2D eigenvalue weighted by Crippen LogP contribution is 2.32. The molecule has 0 aromatic rings. The zero-order valence-electron chi connectivity index (χ0n) is 10.3. The summed E-state index contributed by atoms with van der Waals surface area (Å²) in [6.07, 6.45) is 1.02. The summed E-state index contributed by atoms with van der Waals surface area (Å²) in [4.78, 5) is 22.7. The van der Waals surface area contributed by atoms with Crippen molar-refractivity contribution in [2.24, 2.45) is 10.8 Å². The van der Waals surface area contributed by atoms with Gasteiger partial charge in [-0.2, -0.15) is 0 Å². The van der Waals surface area contributed by atoms with Crippen LogP contribution >= 0.6 is 0 Å². The summed E-state index contributed by atoms with van der Waals surface area (Å²) < 4.78 is 0. The van der Waals surface area contributed by atoms with Crippen molar-refractivity contribution in [1.82, 2.24) is 0 Å². The van der Waals surface area contributed by atoms with Crippen molar-refractivity contribution in [2.45, 2.75) is 41.5 Å². The van der Waals surface area contributed by atoms with Crippen molar-refractivity contribution in [3.8, 4) is 0 Å². The molecule has 3 nitrogen and oxygen atoms in total. The summed E-state index contributed by atoms with van der Waals surface area (Å²) in [7, 11) is 0. The average molecular weight is 212 g/mol. The first-order valence-electron chi connectivity index (χ1n) is 4.96. The van der Waals surface area contributed by atoms with Gasteiger partial charge in [-0.15, -0.1) is 0 Å². The van der Waals surface area contributed by atoms with Crippen LogP contribution in [0.3, 0.4) is 0 Å². The van der Waals surface area contributed by atoms with E-state index in [4.69, 9.17) is 5.11 Å². The third-order valence-electron chi connectivity index (χ3n) is 2.00. The predicted molar refractivity (Wildman–Crippen MR) is 59.6 cm³/mol. The standard InChI is InChI=1S/C12H20O3/c1-11(2,3)8(7-9(13)14)10(15)12(4,5)6/h7H,1-6H3,(H,13,14). The molecule has 0 amide bonds. The van der Waals surface area contributed by atoms with E-state index >= 15 is 0 Å². The van der Waals surface area contributed by atoms with Gasteiger partial charge in [0.05, 0.1) is 0 Å². The summed E-state index contributed by atoms with van der Waals surface area (Å²) in [5.74, 6) is -1.19. The summed E-state index contributed by atoms with van der Waals surface area (Å²) in [5.41, 5.74) is -0.625. The Bertz CT molecular complexity index is 298. The van der Waals surface area contributed by atoms with Crippen LogP contribution in [0, 0.1) is 10.8 Å². The molecule has 3 heteroatoms. The lowest BCUT2D eigenvalue weighted by atomic mass is 9.75. The zero-order valence-corrected chi connectivity index (χ0v) is 10.3. The average Bonchev–Trinajstić information content (AvgIpc) is 1.94. The number of allylic oxidation sites excluding steroid dienone is 1. The van der Waals surface area contributed by atoms with Crippen molar-refractivity contribution in [3.63, 3.8) is 0 Å². The van der Waals surface area contributed by atoms with Gasteiger partial charge in [0, 0.05) is 17.1 Å². The minimum atomic E-state index is -1.07. The number of hydrogen-bond donors (Lipinski definition) is 1. The van der Waals surface area contributed by atoms with E-state index in [1.165, 1.54) is 0 Å². The van der Waals surface area contributed by atoms with E-state index in [0.29, 0.717) is 5.57 Å². The molecule has 0 aliphatic carbocycles. The van der Waals surface area contributed by atoms with E-state index < -0.39 is 16.8 Å². The molecule has 0 saturated carbocycles. The zero-order chi connectivity index (χ0) is 12.4. The fraction of sp³-hybridized carbons (Fsp3) is 0.667. The van der Waals surface area contributed by atoms with Gasteiger partial charge in [-0.1, -0.05) is 41.5 Å². The van der Waals surface area contributed by atoms with E-state index in [9.17, 15) is 9.59 Å². The molecule has 0 saturated heterocycles. The Morgan fingerprint density at radius 1 is 0.933 bits per heavy atom. The molecule has 0 aliphatic rings. The molecule has 0 aromatic carbocycles. The second kappa shape index (κ2) is 4.17. The van der Waals surface area contributed by atoms with Crippen molar-refractivity contribution < 1.29 is 14.7 Å². The van der Waals surface area contributed by atoms with Crippen LogP contribution in [0.2, 0.25) is 0 Å². The summed E-state index contributed by atoms with van der Waals surface area (Å²) >= 11 is 0. The van der Waals surface area contributed by atoms with Crippen LogP contribution in [-0.4, -0.2) is 16.9 Å². The minimum absolute atomic E-state index is 0.114. The molecule has 0 heterocycles. The number of carbonyl (C=O) groups is 2. The van der Waals surface area contributed by atoms with Gasteiger partial charge >= 0.3 is 5.97 Å². The lowest BCUT2D eigenvalue weighted by molar-refractivity contribution is -0.132. The molecule has 0 radical (unpaired) electrons. The maximum absolute atomic E-state index is 12.0. The lowest BCUT2D eigenvalue weighted by Gasteiger charge is -2.27. The monoisotopic (exact) mass is 212 g/mol. The smallest absolute Gasteiger partial charge is 0.328 e. The van der Waals surface area contributed by atoms with E-state index in [-0.39, 0.29) is 5.78 Å². The first kappa shape index (κ1) is 13.9. The van der Waals surface area contributed by atoms with E-state index in [0.717, 1.165) is 6.08 Å². The Balaban J connectivity index is 5.35. The highest BCUT2D eigenvalue weighted by molar-refractivity contribution is 6.04. The van der Waals surface area contributed by atoms with Crippen LogP contribution in [0.4, 0.5) is 0 Å². The Labute approximate surface area is 91.2 Å². The molecule has 0 atom stereocenters. The topological polar surface area (TPSA) is 54.4 Å². The molecule has 86 valence electrons. The minimum Gasteiger partial charge on any atom is -0.478 e. The molecule has 0 aliphatic heterocycles. The van der Waals surface area contributed by atoms with Gasteiger partial charge in [0.2, 0.25) is 0 Å². The molecular weight excluding hydrogens is 192 g/mol. The molecule has 0 aromatic heterocycles. The Hall–Kier alpha value is -1.12. The maximum atomic E-state index is 12.0. The number of carboxylic acid groups (broad SMARTS) is 1. The highest BCUT2D eigenvalue weighted by Gasteiger charge is 2.32. The molecular formula is C12H20O3. The van der Waals surface area contributed by atoms with Crippen LogP contribution < -0.4 is 0 Å². The lowest BCUT2D eigenvalue weighted by Crippen LogP contribution is -2.29. The third kappa shape index (κ3) is 4.28. The number of carboxylic acids is 1. The van der Waals surface area contributed by atoms with Crippen molar-refractivity contribution in [3.05, 3.63) is 11.6 Å². The third-order valence-corrected chi connectivity index (χ3v) is 2.00. The van der Waals surface area contributed by atoms with E-state index in [1.807, 2.05) is 20.8 Å². The summed E-state index contributed by atoms with van der Waals surface area (Å²) in [5, 5.41) is 8.73. The Kier molecular flexibility index (Phi) is 3.86. The van der Waals surface area contributed by atoms with Crippen LogP contribution in [0.15, 0.2) is 11.6 Å². The summed E-state index contributed by atoms with van der Waals surface area (Å²) in [6.45, 7) is 10.9. The van der Waals surface area contributed by atoms with Gasteiger partial charge in [0.25, 0.3) is 0 Å². The van der Waals surface area contributed by atoms with E-state index in [1.54, 1.807) is 20.8 Å². The normalized spacial score (nSPS) is 13.9. The van der Waals surface area contributed by atoms with Gasteiger partial charge in [-0.05, 0) is 5.41 Å². The summed E-state index contributed by atoms with van der Waals surface area (Å²) in [6, 6.07) is 0. The molecule has 0 spiro atoms. The number of Topliss-reactive ketones (excluding diaryl/α,β-unsaturated/α-hetero) is 1. The number of aliphatic carboxylic acids is 1. The quantitative estimate of drug-likeness (QED) is 0.716. The van der Waals surface area contributed by atoms with Gasteiger partial charge in [0.15, 0.2) is 5.78 Å². The fourth-order valence-electron chi connectivity index (χ4n) is 1.15. The molecule has 15 heavy (non-hydrogen) atoms. The molecule has 0 fully saturated rings. The van der Waals surface area contributed by atoms with Crippen LogP contribution in [-0.2, 0) is 9.59 Å². The van der Waals surface area contributed by atoms with Crippen molar-refractivity contribution in [1.29, 1.82) is 0 Å². The van der Waals surface area contributed by atoms with Gasteiger partial charge in [-0.3, -0.25) is 4.79 Å². The van der Waals surface area contributed by atoms with Crippen molar-refractivity contribution in [2.75, 3.05) is 0 Å². The van der Waals surface area contributed by atoms with Gasteiger partial charge in [0.1, 0.15) is 0 Å². The SMILES string of the molecule is CC(C)(C)C(=O)C(=CC(=O)O)C(C)(C)C. The van der Waals surface area contributed by atoms with E-state index in [2.05, 4.69) is 0 Å². The van der Waals surface area contributed by atoms with Crippen LogP contribution in [0.5, 0.6) is 0 Å². The highest BCUT2D eigenvalue weighted by atomic mass is 16.4. The Morgan fingerprint density at radius 3 is 1.53 bits per heavy atom. The first-order chi connectivity index (χ1) is 6.46. The molecule has 0 unspecified atom stereocenters. The van der Waals surface area contributed by atoms with Crippen LogP contribution in [0.25, 0.3) is 0 Å². The largest absolute Gasteiger partial charge is 0.478 e. The van der Waals surface area contributed by atoms with Gasteiger partial charge in [-0.25, -0.2) is 4.79 Å². The molecule has 1 N–H and O–H groups in total.